The van der Waals surface area contributed by atoms with Gasteiger partial charge in [0.05, 0.1) is 32.0 Å². The number of aromatic hydroxyl groups is 1. The maximum absolute atomic E-state index is 12.4. The SMILES string of the molecule is COc1cc(C(=O)OC[C@@]2(O)CO[C@@H](O[C@H]3[C@H](OC(C)C)O[C@H](CO)[C@@H](O)[C@@H]3O)[C@@H]2O)ccc1O. The zero-order valence-electron chi connectivity index (χ0n) is 19.5. The normalized spacial score (nSPS) is 35.3. The summed E-state index contributed by atoms with van der Waals surface area (Å²) in [5.74, 6) is -0.979. The summed E-state index contributed by atoms with van der Waals surface area (Å²) in [5.41, 5.74) is -2.02. The molecule has 1 aromatic carbocycles. The van der Waals surface area contributed by atoms with Gasteiger partial charge in [-0.25, -0.2) is 4.79 Å². The fraction of sp³-hybridized carbons (Fsp3) is 0.682. The zero-order valence-corrected chi connectivity index (χ0v) is 19.5. The number of methoxy groups -OCH3 is 1. The van der Waals surface area contributed by atoms with Crippen LogP contribution in [0.5, 0.6) is 11.5 Å². The number of aliphatic hydroxyl groups is 5. The lowest BCUT2D eigenvalue weighted by molar-refractivity contribution is -0.341. The first-order chi connectivity index (χ1) is 16.5. The smallest absolute Gasteiger partial charge is 0.338 e. The number of benzene rings is 1. The Morgan fingerprint density at radius 2 is 1.91 bits per heavy atom. The number of esters is 1. The first-order valence-electron chi connectivity index (χ1n) is 11.0. The third kappa shape index (κ3) is 6.02. The van der Waals surface area contributed by atoms with Crippen molar-refractivity contribution in [3.8, 4) is 11.5 Å². The molecule has 0 amide bonds. The Labute approximate surface area is 201 Å². The summed E-state index contributed by atoms with van der Waals surface area (Å²) in [4.78, 5) is 12.4. The molecular formula is C22H32O13. The average Bonchev–Trinajstić information content (AvgIpc) is 3.10. The molecule has 2 aliphatic heterocycles. The lowest BCUT2D eigenvalue weighted by Crippen LogP contribution is -2.61. The van der Waals surface area contributed by atoms with Gasteiger partial charge in [0.15, 0.2) is 29.7 Å². The number of rotatable bonds is 9. The Balaban J connectivity index is 1.65. The first kappa shape index (κ1) is 27.5. The Morgan fingerprint density at radius 1 is 1.20 bits per heavy atom. The van der Waals surface area contributed by atoms with Gasteiger partial charge < -0.3 is 59.1 Å². The van der Waals surface area contributed by atoms with E-state index in [1.54, 1.807) is 13.8 Å². The van der Waals surface area contributed by atoms with E-state index in [-0.39, 0.29) is 23.2 Å². The lowest BCUT2D eigenvalue weighted by atomic mass is 9.98. The minimum atomic E-state index is -2.05. The van der Waals surface area contributed by atoms with E-state index in [9.17, 15) is 35.4 Å². The van der Waals surface area contributed by atoms with E-state index in [2.05, 4.69) is 0 Å². The highest BCUT2D eigenvalue weighted by atomic mass is 16.8. The van der Waals surface area contributed by atoms with Crippen molar-refractivity contribution in [3.05, 3.63) is 23.8 Å². The van der Waals surface area contributed by atoms with Crippen LogP contribution in [0, 0.1) is 0 Å². The van der Waals surface area contributed by atoms with Crippen molar-refractivity contribution < 1.29 is 63.9 Å². The van der Waals surface area contributed by atoms with Crippen LogP contribution >= 0.6 is 0 Å². The van der Waals surface area contributed by atoms with E-state index < -0.39 is 74.5 Å². The lowest BCUT2D eigenvalue weighted by Gasteiger charge is -2.43. The Bertz CT molecular complexity index is 864. The number of aliphatic hydroxyl groups excluding tert-OH is 4. The third-order valence-electron chi connectivity index (χ3n) is 5.70. The number of ether oxygens (including phenoxy) is 6. The summed E-state index contributed by atoms with van der Waals surface area (Å²) in [6.45, 7) is 1.67. The second-order valence-electron chi connectivity index (χ2n) is 8.68. The second kappa shape index (κ2) is 11.3. The maximum atomic E-state index is 12.4. The van der Waals surface area contributed by atoms with E-state index in [4.69, 9.17) is 28.4 Å². The third-order valence-corrected chi connectivity index (χ3v) is 5.70. The van der Waals surface area contributed by atoms with Crippen LogP contribution in [0.2, 0.25) is 0 Å². The summed E-state index contributed by atoms with van der Waals surface area (Å²) in [6.07, 6.45) is -10.4. The van der Waals surface area contributed by atoms with Crippen LogP contribution in [0.1, 0.15) is 24.2 Å². The van der Waals surface area contributed by atoms with Crippen molar-refractivity contribution in [1.29, 1.82) is 0 Å². The van der Waals surface area contributed by atoms with Gasteiger partial charge in [0.1, 0.15) is 37.1 Å². The molecule has 3 rings (SSSR count). The largest absolute Gasteiger partial charge is 0.504 e. The number of phenolic OH excluding ortho intramolecular Hbond substituents is 1. The van der Waals surface area contributed by atoms with E-state index in [1.165, 1.54) is 25.3 Å². The van der Waals surface area contributed by atoms with Crippen LogP contribution in [-0.2, 0) is 23.7 Å². The van der Waals surface area contributed by atoms with Crippen molar-refractivity contribution in [2.45, 2.75) is 68.7 Å². The molecule has 0 saturated carbocycles. The molecule has 198 valence electrons. The predicted octanol–water partition coefficient (Wildman–Crippen LogP) is -1.74. The standard InChI is InChI=1S/C22H32O13/c1-10(2)33-20-17(16(26)15(25)14(7-23)34-20)35-21-18(27)22(29,9-32-21)8-31-19(28)11-4-5-12(24)13(6-11)30-3/h4-6,10,14-18,20-21,23-27,29H,7-9H2,1-3H3/t14-,15-,16+,17-,18+,20-,21+,22-/m1/s1. The molecule has 1 aromatic rings. The van der Waals surface area contributed by atoms with Gasteiger partial charge in [0.2, 0.25) is 0 Å². The van der Waals surface area contributed by atoms with Gasteiger partial charge in [-0.05, 0) is 32.0 Å². The number of hydrogen-bond donors (Lipinski definition) is 6. The highest BCUT2D eigenvalue weighted by molar-refractivity contribution is 5.90. The van der Waals surface area contributed by atoms with Gasteiger partial charge in [0.25, 0.3) is 0 Å². The monoisotopic (exact) mass is 504 g/mol. The van der Waals surface area contributed by atoms with Crippen LogP contribution in [0.3, 0.4) is 0 Å². The van der Waals surface area contributed by atoms with Gasteiger partial charge in [-0.1, -0.05) is 0 Å². The van der Waals surface area contributed by atoms with Gasteiger partial charge in [-0.3, -0.25) is 0 Å². The Kier molecular flexibility index (Phi) is 8.91. The molecule has 0 aromatic heterocycles. The summed E-state index contributed by atoms with van der Waals surface area (Å²) < 4.78 is 32.1. The topological polar surface area (TPSA) is 194 Å². The van der Waals surface area contributed by atoms with Crippen LogP contribution in [-0.4, -0.2) is 118 Å². The van der Waals surface area contributed by atoms with E-state index in [1.807, 2.05) is 0 Å². The molecule has 2 saturated heterocycles. The average molecular weight is 504 g/mol. The van der Waals surface area contributed by atoms with Crippen LogP contribution in [0.15, 0.2) is 18.2 Å². The number of phenols is 1. The van der Waals surface area contributed by atoms with Crippen molar-refractivity contribution in [1.82, 2.24) is 0 Å². The molecule has 0 unspecified atom stereocenters. The van der Waals surface area contributed by atoms with Gasteiger partial charge in [-0.15, -0.1) is 0 Å². The van der Waals surface area contributed by atoms with Gasteiger partial charge >= 0.3 is 5.97 Å². The fourth-order valence-corrected chi connectivity index (χ4v) is 3.71. The van der Waals surface area contributed by atoms with E-state index >= 15 is 0 Å². The minimum absolute atomic E-state index is 0.0352. The predicted molar refractivity (Wildman–Crippen MR) is 114 cm³/mol. The molecule has 6 N–H and O–H groups in total. The van der Waals surface area contributed by atoms with E-state index in [0.29, 0.717) is 0 Å². The molecule has 13 nitrogen and oxygen atoms in total. The summed E-state index contributed by atoms with van der Waals surface area (Å²) in [5, 5.41) is 61.2. The number of carbonyl (C=O) groups excluding carboxylic acids is 1. The summed E-state index contributed by atoms with van der Waals surface area (Å²) in [6, 6.07) is 3.78. The highest BCUT2D eigenvalue weighted by Gasteiger charge is 2.54. The molecule has 0 aliphatic carbocycles. The molecule has 2 aliphatic rings. The fourth-order valence-electron chi connectivity index (χ4n) is 3.71. The molecule has 8 atom stereocenters. The zero-order chi connectivity index (χ0) is 25.9. The van der Waals surface area contributed by atoms with Crippen LogP contribution in [0.4, 0.5) is 0 Å². The van der Waals surface area contributed by atoms with Crippen LogP contribution < -0.4 is 4.74 Å². The second-order valence-corrected chi connectivity index (χ2v) is 8.68. The summed E-state index contributed by atoms with van der Waals surface area (Å²) in [7, 11) is 1.31. The minimum Gasteiger partial charge on any atom is -0.504 e. The summed E-state index contributed by atoms with van der Waals surface area (Å²) >= 11 is 0. The van der Waals surface area contributed by atoms with Crippen molar-refractivity contribution in [2.24, 2.45) is 0 Å². The first-order valence-corrected chi connectivity index (χ1v) is 11.0. The van der Waals surface area contributed by atoms with Crippen LogP contribution in [0.25, 0.3) is 0 Å². The number of hydrogen-bond acceptors (Lipinski definition) is 13. The highest BCUT2D eigenvalue weighted by Crippen LogP contribution is 2.32. The Hall–Kier alpha value is -2.07. The Morgan fingerprint density at radius 3 is 2.54 bits per heavy atom. The molecule has 35 heavy (non-hydrogen) atoms. The quantitative estimate of drug-likeness (QED) is 0.208. The molecule has 0 bridgehead atoms. The number of carbonyl (C=O) groups is 1. The van der Waals surface area contributed by atoms with E-state index in [0.717, 1.165) is 0 Å². The molecule has 13 heteroatoms. The molecule has 0 radical (unpaired) electrons. The van der Waals surface area contributed by atoms with Crippen molar-refractivity contribution >= 4 is 5.97 Å². The van der Waals surface area contributed by atoms with Crippen molar-refractivity contribution in [3.63, 3.8) is 0 Å². The van der Waals surface area contributed by atoms with Gasteiger partial charge in [-0.2, -0.15) is 0 Å². The maximum Gasteiger partial charge on any atom is 0.338 e. The molecule has 2 heterocycles. The van der Waals surface area contributed by atoms with Crippen molar-refractivity contribution in [2.75, 3.05) is 26.9 Å². The van der Waals surface area contributed by atoms with Gasteiger partial charge in [0, 0.05) is 0 Å². The molecule has 2 fully saturated rings. The molecular weight excluding hydrogens is 472 g/mol. The molecule has 0 spiro atoms.